The Hall–Kier alpha value is -3.23. The summed E-state index contributed by atoms with van der Waals surface area (Å²) in [6, 6.07) is 1.81. The number of phenolic OH excluding ortho intramolecular Hbond substituents is 1. The van der Waals surface area contributed by atoms with Crippen molar-refractivity contribution in [2.45, 2.75) is 120 Å². The Morgan fingerprint density at radius 1 is 0.875 bits per heavy atom. The molecule has 0 aromatic heterocycles. The average Bonchev–Trinajstić information content (AvgIpc) is 2.88. The maximum absolute atomic E-state index is 12.0. The molecule has 0 fully saturated rings. The number of carbonyl (C=O) groups excluding carboxylic acids is 4. The van der Waals surface area contributed by atoms with E-state index in [4.69, 9.17) is 5.11 Å². The second kappa shape index (κ2) is 23.6. The van der Waals surface area contributed by atoms with Gasteiger partial charge in [0.25, 0.3) is 5.91 Å². The van der Waals surface area contributed by atoms with Gasteiger partial charge in [-0.1, -0.05) is 81.1 Å². The molecule has 0 radical (unpaired) electrons. The lowest BCUT2D eigenvalue weighted by molar-refractivity contribution is -0.139. The molecule has 1 rings (SSSR count). The third kappa shape index (κ3) is 18.1. The van der Waals surface area contributed by atoms with Crippen molar-refractivity contribution in [3.05, 3.63) is 28.8 Å². The van der Waals surface area contributed by atoms with Crippen molar-refractivity contribution < 1.29 is 34.2 Å². The predicted molar refractivity (Wildman–Crippen MR) is 161 cm³/mol. The number of carboxylic acids is 1. The fourth-order valence-corrected chi connectivity index (χ4v) is 3.32. The summed E-state index contributed by atoms with van der Waals surface area (Å²) < 4.78 is 0. The Kier molecular flexibility index (Phi) is 24.4. The molecule has 0 saturated heterocycles. The molecule has 0 aliphatic heterocycles. The van der Waals surface area contributed by atoms with Gasteiger partial charge in [-0.05, 0) is 49.4 Å². The van der Waals surface area contributed by atoms with Crippen LogP contribution in [0.15, 0.2) is 12.1 Å². The molecular formula is C31H54N2O7. The molecular weight excluding hydrogens is 512 g/mol. The summed E-state index contributed by atoms with van der Waals surface area (Å²) in [5.41, 5.74) is 1.75. The van der Waals surface area contributed by atoms with Gasteiger partial charge < -0.3 is 30.4 Å². The fraction of sp³-hybridized carbons (Fsp3) is 0.645. The number of nitrogens with one attached hydrogen (secondary N) is 2. The number of aryl methyl sites for hydroxylation is 2. The van der Waals surface area contributed by atoms with Crippen LogP contribution in [0.4, 0.5) is 0 Å². The highest BCUT2D eigenvalue weighted by Gasteiger charge is 2.19. The summed E-state index contributed by atoms with van der Waals surface area (Å²) in [5.74, 6) is -1.60. The molecule has 230 valence electrons. The number of aldehydes is 2. The zero-order valence-corrected chi connectivity index (χ0v) is 25.0. The molecule has 0 aliphatic rings. The van der Waals surface area contributed by atoms with E-state index in [9.17, 15) is 29.1 Å². The van der Waals surface area contributed by atoms with Crippen LogP contribution in [0.1, 0.15) is 115 Å². The molecule has 2 amide bonds. The molecule has 0 heterocycles. The molecule has 9 heteroatoms. The first-order valence-electron chi connectivity index (χ1n) is 13.8. The van der Waals surface area contributed by atoms with Gasteiger partial charge in [-0.2, -0.15) is 0 Å². The molecule has 3 atom stereocenters. The van der Waals surface area contributed by atoms with Gasteiger partial charge in [-0.25, -0.2) is 0 Å². The lowest BCUT2D eigenvalue weighted by atomic mass is 10.0. The van der Waals surface area contributed by atoms with E-state index in [1.807, 2.05) is 20.8 Å². The van der Waals surface area contributed by atoms with Gasteiger partial charge >= 0.3 is 5.97 Å². The highest BCUT2D eigenvalue weighted by molar-refractivity contribution is 5.96. The van der Waals surface area contributed by atoms with Crippen LogP contribution in [-0.4, -0.2) is 52.7 Å². The summed E-state index contributed by atoms with van der Waals surface area (Å²) in [7, 11) is 0. The number of aromatic hydroxyl groups is 1. The lowest BCUT2D eigenvalue weighted by Crippen LogP contribution is -2.40. The molecule has 4 N–H and O–H groups in total. The van der Waals surface area contributed by atoms with E-state index in [0.29, 0.717) is 23.0 Å². The molecule has 3 unspecified atom stereocenters. The topological polar surface area (TPSA) is 150 Å². The van der Waals surface area contributed by atoms with Crippen LogP contribution in [0.25, 0.3) is 0 Å². The van der Waals surface area contributed by atoms with Gasteiger partial charge in [0.15, 0.2) is 0 Å². The second-order valence-electron chi connectivity index (χ2n) is 10.1. The van der Waals surface area contributed by atoms with Gasteiger partial charge in [0.05, 0.1) is 18.5 Å². The first-order valence-corrected chi connectivity index (χ1v) is 13.8. The van der Waals surface area contributed by atoms with E-state index in [2.05, 4.69) is 24.5 Å². The Labute approximate surface area is 241 Å². The summed E-state index contributed by atoms with van der Waals surface area (Å²) in [4.78, 5) is 55.3. The first-order chi connectivity index (χ1) is 18.3. The molecule has 0 bridgehead atoms. The number of unbranched alkanes of at least 4 members (excludes halogenated alkanes) is 3. The SMILES string of the molecule is C.CCCCC.CCCCC(C)C(=O)NC(C=O)CC(=O)O.Cc1cc(C(=O)NC(C=O)C(C)C)cc(C)c1O. The summed E-state index contributed by atoms with van der Waals surface area (Å²) in [6.07, 6.45) is 7.61. The van der Waals surface area contributed by atoms with E-state index < -0.39 is 18.1 Å². The van der Waals surface area contributed by atoms with Crippen LogP contribution in [0.5, 0.6) is 5.75 Å². The van der Waals surface area contributed by atoms with Crippen molar-refractivity contribution in [1.29, 1.82) is 0 Å². The fourth-order valence-electron chi connectivity index (χ4n) is 3.32. The van der Waals surface area contributed by atoms with E-state index in [-0.39, 0.29) is 43.2 Å². The van der Waals surface area contributed by atoms with Crippen LogP contribution in [-0.2, 0) is 19.2 Å². The normalized spacial score (nSPS) is 12.1. The van der Waals surface area contributed by atoms with Crippen molar-refractivity contribution in [1.82, 2.24) is 10.6 Å². The van der Waals surface area contributed by atoms with Gasteiger partial charge in [0.1, 0.15) is 18.3 Å². The second-order valence-corrected chi connectivity index (χ2v) is 10.1. The van der Waals surface area contributed by atoms with Crippen LogP contribution in [0.3, 0.4) is 0 Å². The Balaban J connectivity index is -0.000000576. The third-order valence-electron chi connectivity index (χ3n) is 5.95. The lowest BCUT2D eigenvalue weighted by Gasteiger charge is -2.16. The standard InChI is InChI=1S/C14H19NO3.C11H19NO4.C5H12.CH4/c1-8(2)12(7-16)15-14(18)11-5-9(3)13(17)10(4)6-11;1-3-4-5-8(2)11(16)12-9(7-13)6-10(14)15;1-3-5-4-2;/h5-8,12,17H,1-4H3,(H,15,18);7-9H,3-6H2,1-2H3,(H,12,16)(H,14,15);3-5H2,1-2H3;1H4. The van der Waals surface area contributed by atoms with Crippen molar-refractivity contribution in [3.8, 4) is 5.75 Å². The van der Waals surface area contributed by atoms with Crippen LogP contribution in [0.2, 0.25) is 0 Å². The highest BCUT2D eigenvalue weighted by Crippen LogP contribution is 2.23. The molecule has 0 spiro atoms. The number of benzene rings is 1. The van der Waals surface area contributed by atoms with E-state index in [1.54, 1.807) is 32.9 Å². The minimum absolute atomic E-state index is 0. The summed E-state index contributed by atoms with van der Waals surface area (Å²) in [6.45, 7) is 15.4. The van der Waals surface area contributed by atoms with Gasteiger partial charge in [-0.3, -0.25) is 14.4 Å². The monoisotopic (exact) mass is 566 g/mol. The van der Waals surface area contributed by atoms with Crippen LogP contribution in [0, 0.1) is 25.7 Å². The Bertz CT molecular complexity index is 875. The first kappa shape index (κ1) is 41.3. The number of hydrogen-bond donors (Lipinski definition) is 4. The van der Waals surface area contributed by atoms with Gasteiger partial charge in [0.2, 0.25) is 5.91 Å². The number of carbonyl (C=O) groups is 5. The maximum atomic E-state index is 12.0. The third-order valence-corrected chi connectivity index (χ3v) is 5.95. The number of phenols is 1. The summed E-state index contributed by atoms with van der Waals surface area (Å²) >= 11 is 0. The predicted octanol–water partition coefficient (Wildman–Crippen LogP) is 5.77. The molecule has 40 heavy (non-hydrogen) atoms. The maximum Gasteiger partial charge on any atom is 0.305 e. The van der Waals surface area contributed by atoms with Gasteiger partial charge in [0, 0.05) is 11.5 Å². The Morgan fingerprint density at radius 2 is 1.38 bits per heavy atom. The zero-order valence-electron chi connectivity index (χ0n) is 25.0. The van der Waals surface area contributed by atoms with Crippen molar-refractivity contribution in [3.63, 3.8) is 0 Å². The van der Waals surface area contributed by atoms with Crippen molar-refractivity contribution in [2.75, 3.05) is 0 Å². The number of aliphatic carboxylic acids is 1. The molecule has 1 aromatic carbocycles. The van der Waals surface area contributed by atoms with Gasteiger partial charge in [-0.15, -0.1) is 0 Å². The van der Waals surface area contributed by atoms with E-state index in [1.165, 1.54) is 19.3 Å². The highest BCUT2D eigenvalue weighted by atomic mass is 16.4. The van der Waals surface area contributed by atoms with E-state index >= 15 is 0 Å². The number of rotatable bonds is 14. The van der Waals surface area contributed by atoms with Crippen molar-refractivity contribution >= 4 is 30.4 Å². The van der Waals surface area contributed by atoms with E-state index in [0.717, 1.165) is 25.5 Å². The number of hydrogen-bond acceptors (Lipinski definition) is 6. The van der Waals surface area contributed by atoms with Crippen LogP contribution >= 0.6 is 0 Å². The average molecular weight is 567 g/mol. The minimum atomic E-state index is -1.10. The zero-order chi connectivity index (χ0) is 30.5. The Morgan fingerprint density at radius 3 is 1.73 bits per heavy atom. The quantitative estimate of drug-likeness (QED) is 0.209. The summed E-state index contributed by atoms with van der Waals surface area (Å²) in [5, 5.41) is 23.2. The molecule has 1 aromatic rings. The molecule has 0 aliphatic carbocycles. The van der Waals surface area contributed by atoms with Crippen molar-refractivity contribution in [2.24, 2.45) is 11.8 Å². The molecule has 0 saturated carbocycles. The number of amides is 2. The minimum Gasteiger partial charge on any atom is -0.507 e. The molecule has 9 nitrogen and oxygen atoms in total. The smallest absolute Gasteiger partial charge is 0.305 e. The largest absolute Gasteiger partial charge is 0.507 e. The number of carboxylic acid groups (broad SMARTS) is 1. The van der Waals surface area contributed by atoms with Crippen LogP contribution < -0.4 is 10.6 Å².